The number of ether oxygens (including phenoxy) is 1. The number of benzene rings is 1. The van der Waals surface area contributed by atoms with Crippen molar-refractivity contribution in [3.05, 3.63) is 35.9 Å². The number of nitrogens with zero attached hydrogens (tertiary/aromatic N) is 5. The zero-order valence-electron chi connectivity index (χ0n) is 15.0. The minimum absolute atomic E-state index is 0.143. The summed E-state index contributed by atoms with van der Waals surface area (Å²) in [5.41, 5.74) is 3.72. The molecule has 0 amide bonds. The van der Waals surface area contributed by atoms with Gasteiger partial charge in [0.25, 0.3) is 0 Å². The zero-order chi connectivity index (χ0) is 17.3. The second-order valence-electron chi connectivity index (χ2n) is 6.90. The molecule has 24 heavy (non-hydrogen) atoms. The lowest BCUT2D eigenvalue weighted by Gasteiger charge is -2.47. The Morgan fingerprint density at radius 2 is 2.04 bits per heavy atom. The van der Waals surface area contributed by atoms with Gasteiger partial charge >= 0.3 is 0 Å². The highest BCUT2D eigenvalue weighted by Gasteiger charge is 2.36. The van der Waals surface area contributed by atoms with E-state index in [4.69, 9.17) is 4.74 Å². The molecule has 1 aromatic heterocycles. The van der Waals surface area contributed by atoms with E-state index in [0.717, 1.165) is 24.3 Å². The largest absolute Gasteiger partial charge is 0.496 e. The molecular formula is C18H25N5O. The molecule has 2 heterocycles. The van der Waals surface area contributed by atoms with E-state index in [1.165, 1.54) is 11.3 Å². The fourth-order valence-electron chi connectivity index (χ4n) is 3.79. The normalized spacial score (nSPS) is 19.5. The first-order valence-electron chi connectivity index (χ1n) is 8.35. The van der Waals surface area contributed by atoms with Crippen LogP contribution in [0.25, 0.3) is 0 Å². The second-order valence-corrected chi connectivity index (χ2v) is 6.90. The minimum atomic E-state index is 0.143. The van der Waals surface area contributed by atoms with Crippen molar-refractivity contribution in [2.24, 2.45) is 5.10 Å². The molecule has 1 aliphatic rings. The zero-order valence-corrected chi connectivity index (χ0v) is 15.0. The Morgan fingerprint density at radius 1 is 1.33 bits per heavy atom. The molecule has 128 valence electrons. The van der Waals surface area contributed by atoms with Crippen LogP contribution >= 0.6 is 0 Å². The average Bonchev–Trinajstić information content (AvgIpc) is 3.05. The first-order chi connectivity index (χ1) is 11.5. The van der Waals surface area contributed by atoms with Crippen LogP contribution in [0.15, 0.2) is 29.9 Å². The van der Waals surface area contributed by atoms with Gasteiger partial charge in [-0.2, -0.15) is 5.10 Å². The Balaban J connectivity index is 2.06. The molecule has 0 saturated heterocycles. The molecule has 1 aliphatic heterocycles. The van der Waals surface area contributed by atoms with Crippen molar-refractivity contribution in [1.29, 1.82) is 0 Å². The van der Waals surface area contributed by atoms with E-state index in [2.05, 4.69) is 60.0 Å². The van der Waals surface area contributed by atoms with E-state index in [9.17, 15) is 0 Å². The Labute approximate surface area is 143 Å². The molecule has 0 spiro atoms. The van der Waals surface area contributed by atoms with Gasteiger partial charge in [0.2, 0.25) is 0 Å². The van der Waals surface area contributed by atoms with Crippen LogP contribution in [-0.4, -0.2) is 40.3 Å². The molecule has 2 aromatic rings. The van der Waals surface area contributed by atoms with Crippen LogP contribution in [0, 0.1) is 0 Å². The third-order valence-electron chi connectivity index (χ3n) is 4.79. The molecule has 0 bridgehead atoms. The van der Waals surface area contributed by atoms with Crippen molar-refractivity contribution in [2.45, 2.75) is 45.6 Å². The minimum Gasteiger partial charge on any atom is -0.496 e. The first-order valence-corrected chi connectivity index (χ1v) is 8.35. The fourth-order valence-corrected chi connectivity index (χ4v) is 3.79. The Morgan fingerprint density at radius 3 is 2.67 bits per heavy atom. The van der Waals surface area contributed by atoms with Crippen LogP contribution in [0.5, 0.6) is 5.75 Å². The molecule has 1 unspecified atom stereocenters. The predicted molar refractivity (Wildman–Crippen MR) is 96.1 cm³/mol. The van der Waals surface area contributed by atoms with Gasteiger partial charge in [0.05, 0.1) is 13.3 Å². The van der Waals surface area contributed by atoms with Gasteiger partial charge in [-0.25, -0.2) is 4.68 Å². The van der Waals surface area contributed by atoms with E-state index in [0.29, 0.717) is 5.92 Å². The van der Waals surface area contributed by atoms with Crippen molar-refractivity contribution in [3.63, 3.8) is 0 Å². The number of methoxy groups -OCH3 is 1. The molecule has 6 nitrogen and oxygen atoms in total. The van der Waals surface area contributed by atoms with Crippen LogP contribution in [0.3, 0.4) is 0 Å². The van der Waals surface area contributed by atoms with Gasteiger partial charge in [0, 0.05) is 29.4 Å². The number of hydrogen-bond acceptors (Lipinski definition) is 5. The summed E-state index contributed by atoms with van der Waals surface area (Å²) in [6, 6.07) is 4.34. The van der Waals surface area contributed by atoms with E-state index in [1.807, 2.05) is 0 Å². The van der Waals surface area contributed by atoms with Crippen molar-refractivity contribution >= 4 is 11.9 Å². The Kier molecular flexibility index (Phi) is 4.30. The lowest BCUT2D eigenvalue weighted by Crippen LogP contribution is -2.48. The summed E-state index contributed by atoms with van der Waals surface area (Å²) in [6.45, 7) is 10.1. The van der Waals surface area contributed by atoms with Crippen LogP contribution in [0.2, 0.25) is 0 Å². The number of aromatic nitrogens is 3. The molecule has 0 radical (unpaired) electrons. The van der Waals surface area contributed by atoms with Crippen LogP contribution < -0.4 is 9.64 Å². The number of hydrogen-bond donors (Lipinski definition) is 0. The molecule has 0 aliphatic carbocycles. The monoisotopic (exact) mass is 327 g/mol. The van der Waals surface area contributed by atoms with Gasteiger partial charge in [-0.3, -0.25) is 0 Å². The maximum atomic E-state index is 5.62. The summed E-state index contributed by atoms with van der Waals surface area (Å²) in [4.78, 5) is 2.46. The summed E-state index contributed by atoms with van der Waals surface area (Å²) in [5.74, 6) is 1.32. The number of rotatable bonds is 4. The van der Waals surface area contributed by atoms with Crippen LogP contribution in [-0.2, 0) is 0 Å². The van der Waals surface area contributed by atoms with Gasteiger partial charge in [-0.1, -0.05) is 6.92 Å². The maximum absolute atomic E-state index is 5.62. The van der Waals surface area contributed by atoms with Crippen LogP contribution in [0.1, 0.15) is 51.2 Å². The van der Waals surface area contributed by atoms with Crippen molar-refractivity contribution in [1.82, 2.24) is 14.9 Å². The summed E-state index contributed by atoms with van der Waals surface area (Å²) in [5, 5.41) is 11.9. The Bertz CT molecular complexity index is 736. The first kappa shape index (κ1) is 16.5. The second kappa shape index (κ2) is 6.26. The molecule has 6 heteroatoms. The molecule has 0 saturated carbocycles. The van der Waals surface area contributed by atoms with Crippen LogP contribution in [0.4, 0.5) is 5.69 Å². The SMILES string of the molecule is CCN1c2cc(OC)c(/C=N\n3cnnc3)cc2C(C)CC1(C)C. The predicted octanol–water partition coefficient (Wildman–Crippen LogP) is 3.28. The molecule has 0 N–H and O–H groups in total. The number of fused-ring (bicyclic) bond motifs is 1. The van der Waals surface area contributed by atoms with Gasteiger partial charge in [0.15, 0.2) is 0 Å². The fraction of sp³-hybridized carbons (Fsp3) is 0.500. The quantitative estimate of drug-likeness (QED) is 0.809. The van der Waals surface area contributed by atoms with Gasteiger partial charge in [0.1, 0.15) is 18.4 Å². The van der Waals surface area contributed by atoms with Gasteiger partial charge < -0.3 is 9.64 Å². The third-order valence-corrected chi connectivity index (χ3v) is 4.79. The van der Waals surface area contributed by atoms with E-state index in [1.54, 1.807) is 30.7 Å². The van der Waals surface area contributed by atoms with Crippen molar-refractivity contribution < 1.29 is 4.74 Å². The van der Waals surface area contributed by atoms with Gasteiger partial charge in [-0.15, -0.1) is 10.2 Å². The lowest BCUT2D eigenvalue weighted by molar-refractivity contribution is 0.377. The highest BCUT2D eigenvalue weighted by Crippen LogP contribution is 2.45. The molecule has 3 rings (SSSR count). The highest BCUT2D eigenvalue weighted by atomic mass is 16.5. The molecular weight excluding hydrogens is 302 g/mol. The summed E-state index contributed by atoms with van der Waals surface area (Å²) in [6.07, 6.45) is 6.05. The van der Waals surface area contributed by atoms with E-state index < -0.39 is 0 Å². The van der Waals surface area contributed by atoms with E-state index >= 15 is 0 Å². The highest BCUT2D eigenvalue weighted by molar-refractivity contribution is 5.86. The lowest BCUT2D eigenvalue weighted by atomic mass is 9.79. The summed E-state index contributed by atoms with van der Waals surface area (Å²) in [7, 11) is 1.70. The van der Waals surface area contributed by atoms with Gasteiger partial charge in [-0.05, 0) is 44.7 Å². The molecule has 1 aromatic carbocycles. The summed E-state index contributed by atoms with van der Waals surface area (Å²) < 4.78 is 7.19. The van der Waals surface area contributed by atoms with Crippen molar-refractivity contribution in [3.8, 4) is 5.75 Å². The van der Waals surface area contributed by atoms with E-state index in [-0.39, 0.29) is 5.54 Å². The number of anilines is 1. The van der Waals surface area contributed by atoms with Crippen molar-refractivity contribution in [2.75, 3.05) is 18.6 Å². The standard InChI is InChI=1S/C18H25N5O/c1-6-23-16-8-17(24-5)14(10-21-22-11-19-20-12-22)7-15(16)13(2)9-18(23,3)4/h7-8,10-13H,6,9H2,1-5H3/b21-10-. The topological polar surface area (TPSA) is 55.5 Å². The smallest absolute Gasteiger partial charge is 0.141 e. The third kappa shape index (κ3) is 2.88. The summed E-state index contributed by atoms with van der Waals surface area (Å²) >= 11 is 0. The average molecular weight is 327 g/mol. The molecule has 0 fully saturated rings. The Hall–Kier alpha value is -2.37. The molecule has 1 atom stereocenters. The maximum Gasteiger partial charge on any atom is 0.141 e.